The van der Waals surface area contributed by atoms with Crippen LogP contribution in [0, 0.1) is 10.1 Å². The third-order valence-corrected chi connectivity index (χ3v) is 4.02. The molecule has 0 atom stereocenters. The summed E-state index contributed by atoms with van der Waals surface area (Å²) in [4.78, 5) is 13.0. The number of aromatic amines is 1. The first-order valence-corrected chi connectivity index (χ1v) is 6.92. The second kappa shape index (κ2) is 4.52. The van der Waals surface area contributed by atoms with Gasteiger partial charge in [-0.05, 0) is 18.4 Å². The lowest BCUT2D eigenvalue weighted by molar-refractivity contribution is -0.384. The number of rotatable bonds is 4. The molecule has 0 bridgehead atoms. The third-order valence-electron chi connectivity index (χ3n) is 4.02. The van der Waals surface area contributed by atoms with E-state index in [1.165, 1.54) is 12.3 Å². The molecule has 0 aliphatic heterocycles. The highest BCUT2D eigenvalue weighted by atomic mass is 16.6. The van der Waals surface area contributed by atoms with Gasteiger partial charge >= 0.3 is 0 Å². The van der Waals surface area contributed by atoms with Gasteiger partial charge in [0.15, 0.2) is 0 Å². The molecular weight excluding hydrogens is 284 g/mol. The van der Waals surface area contributed by atoms with Crippen molar-refractivity contribution in [1.82, 2.24) is 15.2 Å². The van der Waals surface area contributed by atoms with Gasteiger partial charge in [0.2, 0.25) is 5.89 Å². The average molecular weight is 296 g/mol. The maximum absolute atomic E-state index is 10.7. The van der Waals surface area contributed by atoms with E-state index >= 15 is 0 Å². The van der Waals surface area contributed by atoms with Crippen molar-refractivity contribution < 1.29 is 9.34 Å². The van der Waals surface area contributed by atoms with Crippen LogP contribution in [-0.2, 0) is 5.41 Å². The van der Waals surface area contributed by atoms with Crippen LogP contribution in [0.25, 0.3) is 11.6 Å². The van der Waals surface area contributed by atoms with Crippen LogP contribution in [0.15, 0.2) is 47.0 Å². The highest BCUT2D eigenvalue weighted by Crippen LogP contribution is 2.53. The first kappa shape index (κ1) is 12.8. The van der Waals surface area contributed by atoms with Gasteiger partial charge in [-0.15, -0.1) is 10.2 Å². The van der Waals surface area contributed by atoms with Crippen LogP contribution in [0.3, 0.4) is 0 Å². The molecular formula is C15H12N4O3. The standard InChI is InChI=1S/C15H12N4O3/c20-19(21)11-8-12(16-9-11)13-17-18-14(22-13)15(6-7-15)10-4-2-1-3-5-10/h1-5,8-9,16H,6-7H2. The average Bonchev–Trinajstić information content (AvgIpc) is 2.99. The Morgan fingerprint density at radius 1 is 1.23 bits per heavy atom. The summed E-state index contributed by atoms with van der Waals surface area (Å²) in [6, 6.07) is 11.4. The van der Waals surface area contributed by atoms with E-state index in [9.17, 15) is 10.1 Å². The molecule has 1 aliphatic rings. The van der Waals surface area contributed by atoms with Crippen molar-refractivity contribution in [3.8, 4) is 11.6 Å². The third kappa shape index (κ3) is 1.90. The highest BCUT2D eigenvalue weighted by Gasteiger charge is 2.50. The molecule has 0 saturated heterocycles. The second-order valence-electron chi connectivity index (χ2n) is 5.39. The summed E-state index contributed by atoms with van der Waals surface area (Å²) < 4.78 is 5.77. The number of H-pyrrole nitrogens is 1. The summed E-state index contributed by atoms with van der Waals surface area (Å²) >= 11 is 0. The fraction of sp³-hybridized carbons (Fsp3) is 0.200. The molecule has 0 amide bonds. The Morgan fingerprint density at radius 2 is 2.00 bits per heavy atom. The zero-order valence-corrected chi connectivity index (χ0v) is 11.5. The normalized spacial score (nSPS) is 15.6. The summed E-state index contributed by atoms with van der Waals surface area (Å²) in [6.45, 7) is 0. The van der Waals surface area contributed by atoms with Gasteiger partial charge in [-0.2, -0.15) is 0 Å². The predicted molar refractivity (Wildman–Crippen MR) is 77.2 cm³/mol. The molecule has 7 nitrogen and oxygen atoms in total. The molecule has 4 rings (SSSR count). The van der Waals surface area contributed by atoms with E-state index in [4.69, 9.17) is 4.42 Å². The van der Waals surface area contributed by atoms with E-state index < -0.39 is 4.92 Å². The SMILES string of the molecule is O=[N+]([O-])c1c[nH]c(-c2nnc(C3(c4ccccc4)CC3)o2)c1. The van der Waals surface area contributed by atoms with Crippen LogP contribution in [0.2, 0.25) is 0 Å². The molecule has 22 heavy (non-hydrogen) atoms. The van der Waals surface area contributed by atoms with E-state index in [0.29, 0.717) is 11.6 Å². The van der Waals surface area contributed by atoms with Crippen molar-refractivity contribution in [2.75, 3.05) is 0 Å². The van der Waals surface area contributed by atoms with Gasteiger partial charge in [0.25, 0.3) is 11.6 Å². The van der Waals surface area contributed by atoms with Crippen molar-refractivity contribution in [2.45, 2.75) is 18.3 Å². The molecule has 0 spiro atoms. The highest BCUT2D eigenvalue weighted by molar-refractivity contribution is 5.53. The van der Waals surface area contributed by atoms with E-state index in [2.05, 4.69) is 27.3 Å². The Labute approximate surface area is 125 Å². The number of hydrogen-bond donors (Lipinski definition) is 1. The monoisotopic (exact) mass is 296 g/mol. The molecule has 7 heteroatoms. The summed E-state index contributed by atoms with van der Waals surface area (Å²) in [5.74, 6) is 0.830. The predicted octanol–water partition coefficient (Wildman–Crippen LogP) is 3.05. The van der Waals surface area contributed by atoms with Gasteiger partial charge in [0, 0.05) is 6.07 Å². The summed E-state index contributed by atoms with van der Waals surface area (Å²) in [5, 5.41) is 18.9. The Morgan fingerprint density at radius 3 is 2.64 bits per heavy atom. The van der Waals surface area contributed by atoms with E-state index in [0.717, 1.165) is 18.4 Å². The Bertz CT molecular complexity index is 833. The number of nitro groups is 1. The number of aromatic nitrogens is 3. The largest absolute Gasteiger partial charge is 0.418 e. The topological polar surface area (TPSA) is 97.8 Å². The van der Waals surface area contributed by atoms with Crippen molar-refractivity contribution >= 4 is 5.69 Å². The number of benzene rings is 1. The van der Waals surface area contributed by atoms with E-state index in [-0.39, 0.29) is 17.0 Å². The maximum Gasteiger partial charge on any atom is 0.287 e. The lowest BCUT2D eigenvalue weighted by Gasteiger charge is -2.09. The fourth-order valence-electron chi connectivity index (χ4n) is 2.65. The molecule has 2 aromatic heterocycles. The number of hydrogen-bond acceptors (Lipinski definition) is 5. The van der Waals surface area contributed by atoms with Crippen LogP contribution in [0.4, 0.5) is 5.69 Å². The first-order valence-electron chi connectivity index (χ1n) is 6.92. The van der Waals surface area contributed by atoms with Crippen molar-refractivity contribution in [1.29, 1.82) is 0 Å². The van der Waals surface area contributed by atoms with Gasteiger partial charge < -0.3 is 9.40 Å². The minimum atomic E-state index is -0.469. The number of nitrogens with one attached hydrogen (secondary N) is 1. The van der Waals surface area contributed by atoms with Crippen molar-refractivity contribution in [2.24, 2.45) is 0 Å². The van der Waals surface area contributed by atoms with Crippen LogP contribution in [-0.4, -0.2) is 20.1 Å². The lowest BCUT2D eigenvalue weighted by atomic mass is 9.96. The quantitative estimate of drug-likeness (QED) is 0.589. The minimum absolute atomic E-state index is 0.0288. The van der Waals surface area contributed by atoms with Gasteiger partial charge in [0.1, 0.15) is 5.69 Å². The maximum atomic E-state index is 10.7. The van der Waals surface area contributed by atoms with Crippen LogP contribution in [0.5, 0.6) is 0 Å². The summed E-state index contributed by atoms with van der Waals surface area (Å²) in [6.07, 6.45) is 3.23. The van der Waals surface area contributed by atoms with Gasteiger partial charge in [-0.25, -0.2) is 0 Å². The fourth-order valence-corrected chi connectivity index (χ4v) is 2.65. The van der Waals surface area contributed by atoms with E-state index in [1.807, 2.05) is 18.2 Å². The van der Waals surface area contributed by atoms with E-state index in [1.54, 1.807) is 0 Å². The van der Waals surface area contributed by atoms with Crippen LogP contribution in [0.1, 0.15) is 24.3 Å². The molecule has 3 aromatic rings. The first-order chi connectivity index (χ1) is 10.7. The molecule has 1 saturated carbocycles. The Balaban J connectivity index is 1.68. The van der Waals surface area contributed by atoms with Gasteiger partial charge in [0.05, 0.1) is 16.5 Å². The second-order valence-corrected chi connectivity index (χ2v) is 5.39. The molecule has 1 aliphatic carbocycles. The molecule has 0 radical (unpaired) electrons. The van der Waals surface area contributed by atoms with Crippen molar-refractivity contribution in [3.63, 3.8) is 0 Å². The molecule has 1 fully saturated rings. The van der Waals surface area contributed by atoms with Crippen LogP contribution >= 0.6 is 0 Å². The Kier molecular flexibility index (Phi) is 2.62. The molecule has 1 N–H and O–H groups in total. The molecule has 1 aromatic carbocycles. The zero-order chi connectivity index (χ0) is 15.2. The number of nitrogens with zero attached hydrogens (tertiary/aromatic N) is 3. The molecule has 2 heterocycles. The Hall–Kier alpha value is -2.96. The summed E-state index contributed by atoms with van der Waals surface area (Å²) in [7, 11) is 0. The van der Waals surface area contributed by atoms with Gasteiger partial charge in [-0.3, -0.25) is 10.1 Å². The zero-order valence-electron chi connectivity index (χ0n) is 11.5. The van der Waals surface area contributed by atoms with Crippen LogP contribution < -0.4 is 0 Å². The smallest absolute Gasteiger partial charge is 0.287 e. The minimum Gasteiger partial charge on any atom is -0.418 e. The lowest BCUT2D eigenvalue weighted by Crippen LogP contribution is -2.08. The van der Waals surface area contributed by atoms with Crippen molar-refractivity contribution in [3.05, 3.63) is 64.2 Å². The van der Waals surface area contributed by atoms with Gasteiger partial charge in [-0.1, -0.05) is 30.3 Å². The molecule has 110 valence electrons. The molecule has 0 unspecified atom stereocenters. The summed E-state index contributed by atoms with van der Waals surface area (Å²) in [5.41, 5.74) is 1.38.